The van der Waals surface area contributed by atoms with Crippen LogP contribution in [0.5, 0.6) is 0 Å². The Kier molecular flexibility index (Phi) is 3.76. The monoisotopic (exact) mass is 126 g/mol. The van der Waals surface area contributed by atoms with Crippen molar-refractivity contribution in [1.29, 1.82) is 5.41 Å². The highest BCUT2D eigenvalue weighted by molar-refractivity contribution is 5.89. The van der Waals surface area contributed by atoms with E-state index in [-0.39, 0.29) is 0 Å². The Morgan fingerprint density at radius 2 is 2.11 bits per heavy atom. The fourth-order valence-corrected chi connectivity index (χ4v) is 0.366. The number of hydrogen-bond acceptors (Lipinski definition) is 2. The van der Waals surface area contributed by atoms with Crippen LogP contribution in [0.4, 0.5) is 0 Å². The van der Waals surface area contributed by atoms with Crippen molar-refractivity contribution in [3.63, 3.8) is 0 Å². The molecule has 0 aromatic rings. The van der Waals surface area contributed by atoms with Gasteiger partial charge < -0.3 is 10.7 Å². The molecule has 0 unspecified atom stereocenters. The highest BCUT2D eigenvalue weighted by Gasteiger charge is 1.82. The lowest BCUT2D eigenvalue weighted by Gasteiger charge is -2.01. The van der Waals surface area contributed by atoms with Gasteiger partial charge in [-0.2, -0.15) is 0 Å². The van der Waals surface area contributed by atoms with E-state index in [2.05, 4.69) is 19.2 Å². The third-order valence-corrected chi connectivity index (χ3v) is 0.763. The molecule has 0 fully saturated rings. The predicted octanol–water partition coefficient (Wildman–Crippen LogP) is 1.54. The first kappa shape index (κ1) is 8.21. The van der Waals surface area contributed by atoms with Crippen molar-refractivity contribution in [3.05, 3.63) is 12.3 Å². The van der Waals surface area contributed by atoms with E-state index in [0.29, 0.717) is 11.8 Å². The van der Waals surface area contributed by atoms with Crippen LogP contribution in [0.3, 0.4) is 0 Å². The minimum Gasteiger partial charge on any atom is -0.389 e. The zero-order valence-electron chi connectivity index (χ0n) is 6.23. The molecule has 0 spiro atoms. The fraction of sp³-hybridized carbons (Fsp3) is 0.571. The molecule has 0 bridgehead atoms. The van der Waals surface area contributed by atoms with Crippen LogP contribution in [0.2, 0.25) is 0 Å². The third kappa shape index (κ3) is 7.21. The van der Waals surface area contributed by atoms with Gasteiger partial charge in [-0.15, -0.1) is 0 Å². The molecule has 0 aliphatic rings. The summed E-state index contributed by atoms with van der Waals surface area (Å²) < 4.78 is 0. The zero-order chi connectivity index (χ0) is 7.28. The molecule has 2 nitrogen and oxygen atoms in total. The smallest absolute Gasteiger partial charge is 0.0297 e. The van der Waals surface area contributed by atoms with Gasteiger partial charge in [0.15, 0.2) is 0 Å². The maximum absolute atomic E-state index is 7.01. The maximum atomic E-state index is 7.01. The van der Waals surface area contributed by atoms with E-state index in [4.69, 9.17) is 5.41 Å². The molecule has 0 atom stereocenters. The molecule has 0 aliphatic carbocycles. The minimum atomic E-state index is 0.459. The van der Waals surface area contributed by atoms with Crippen LogP contribution in [0.15, 0.2) is 12.3 Å². The fourth-order valence-electron chi connectivity index (χ4n) is 0.366. The Morgan fingerprint density at radius 3 is 2.44 bits per heavy atom. The van der Waals surface area contributed by atoms with Crippen LogP contribution < -0.4 is 5.32 Å². The topological polar surface area (TPSA) is 35.9 Å². The average Bonchev–Trinajstić information content (AvgIpc) is 1.63. The van der Waals surface area contributed by atoms with E-state index in [1.165, 1.54) is 0 Å². The van der Waals surface area contributed by atoms with Crippen molar-refractivity contribution in [2.24, 2.45) is 0 Å². The first-order valence-corrected chi connectivity index (χ1v) is 3.10. The lowest BCUT2D eigenvalue weighted by Crippen LogP contribution is -2.15. The Balaban J connectivity index is 3.36. The summed E-state index contributed by atoms with van der Waals surface area (Å²) in [7, 11) is 0. The molecule has 52 valence electrons. The number of allylic oxidation sites excluding steroid dienone is 1. The van der Waals surface area contributed by atoms with Gasteiger partial charge in [0, 0.05) is 11.8 Å². The van der Waals surface area contributed by atoms with E-state index in [1.54, 1.807) is 19.2 Å². The summed E-state index contributed by atoms with van der Waals surface area (Å²) in [5, 5.41) is 10.1. The number of rotatable bonds is 3. The standard InChI is InChI=1S/C7H14N2/c1-6(2)9-5-4-7(3)8/h4-6,8-9H,1-3H3/b5-4-,8-7?. The van der Waals surface area contributed by atoms with Crippen molar-refractivity contribution in [2.45, 2.75) is 26.8 Å². The molecular weight excluding hydrogens is 112 g/mol. The lowest BCUT2D eigenvalue weighted by molar-refractivity contribution is 0.703. The van der Waals surface area contributed by atoms with Crippen LogP contribution >= 0.6 is 0 Å². The van der Waals surface area contributed by atoms with Crippen molar-refractivity contribution >= 4 is 5.71 Å². The SMILES string of the molecule is CC(=N)/C=C\NC(C)C. The molecule has 0 rings (SSSR count). The van der Waals surface area contributed by atoms with Crippen molar-refractivity contribution in [1.82, 2.24) is 5.32 Å². The van der Waals surface area contributed by atoms with E-state index < -0.39 is 0 Å². The molecule has 0 radical (unpaired) electrons. The van der Waals surface area contributed by atoms with Gasteiger partial charge in [0.1, 0.15) is 0 Å². The van der Waals surface area contributed by atoms with Crippen LogP contribution in [-0.2, 0) is 0 Å². The molecule has 2 N–H and O–H groups in total. The summed E-state index contributed by atoms with van der Waals surface area (Å²) >= 11 is 0. The highest BCUT2D eigenvalue weighted by atomic mass is 14.9. The summed E-state index contributed by atoms with van der Waals surface area (Å²) in [4.78, 5) is 0. The van der Waals surface area contributed by atoms with Crippen LogP contribution in [0, 0.1) is 5.41 Å². The quantitative estimate of drug-likeness (QED) is 0.553. The largest absolute Gasteiger partial charge is 0.389 e. The average molecular weight is 126 g/mol. The van der Waals surface area contributed by atoms with Gasteiger partial charge in [0.2, 0.25) is 0 Å². The zero-order valence-corrected chi connectivity index (χ0v) is 6.23. The molecule has 0 aromatic heterocycles. The summed E-state index contributed by atoms with van der Waals surface area (Å²) in [6.45, 7) is 5.87. The van der Waals surface area contributed by atoms with E-state index >= 15 is 0 Å². The summed E-state index contributed by atoms with van der Waals surface area (Å²) in [6, 6.07) is 0.459. The minimum absolute atomic E-state index is 0.459. The molecule has 0 saturated heterocycles. The van der Waals surface area contributed by atoms with Crippen LogP contribution in [-0.4, -0.2) is 11.8 Å². The summed E-state index contributed by atoms with van der Waals surface area (Å²) in [5.74, 6) is 0. The van der Waals surface area contributed by atoms with Crippen LogP contribution in [0.1, 0.15) is 20.8 Å². The van der Waals surface area contributed by atoms with Gasteiger partial charge >= 0.3 is 0 Å². The summed E-state index contributed by atoms with van der Waals surface area (Å²) in [5.41, 5.74) is 0.572. The second kappa shape index (κ2) is 4.13. The highest BCUT2D eigenvalue weighted by Crippen LogP contribution is 1.77. The van der Waals surface area contributed by atoms with Crippen molar-refractivity contribution in [2.75, 3.05) is 0 Å². The van der Waals surface area contributed by atoms with Crippen LogP contribution in [0.25, 0.3) is 0 Å². The Hall–Kier alpha value is -0.790. The normalized spacial score (nSPS) is 10.7. The van der Waals surface area contributed by atoms with Gasteiger partial charge in [-0.1, -0.05) is 0 Å². The first-order valence-electron chi connectivity index (χ1n) is 3.10. The van der Waals surface area contributed by atoms with Gasteiger partial charge in [0.25, 0.3) is 0 Å². The Bertz CT molecular complexity index is 114. The number of hydrogen-bond donors (Lipinski definition) is 2. The second-order valence-electron chi connectivity index (χ2n) is 2.34. The molecule has 9 heavy (non-hydrogen) atoms. The number of nitrogens with one attached hydrogen (secondary N) is 2. The summed E-state index contributed by atoms with van der Waals surface area (Å²) in [6.07, 6.45) is 3.53. The van der Waals surface area contributed by atoms with E-state index in [0.717, 1.165) is 0 Å². The Labute approximate surface area is 56.5 Å². The van der Waals surface area contributed by atoms with E-state index in [9.17, 15) is 0 Å². The van der Waals surface area contributed by atoms with E-state index in [1.807, 2.05) is 0 Å². The molecule has 0 saturated carbocycles. The predicted molar refractivity (Wildman–Crippen MR) is 40.8 cm³/mol. The van der Waals surface area contributed by atoms with Gasteiger partial charge in [0.05, 0.1) is 0 Å². The molecule has 0 heterocycles. The Morgan fingerprint density at radius 1 is 1.56 bits per heavy atom. The maximum Gasteiger partial charge on any atom is 0.0297 e. The lowest BCUT2D eigenvalue weighted by atomic mass is 10.4. The van der Waals surface area contributed by atoms with Crippen molar-refractivity contribution < 1.29 is 0 Å². The molecule has 0 amide bonds. The second-order valence-corrected chi connectivity index (χ2v) is 2.34. The van der Waals surface area contributed by atoms with Gasteiger partial charge in [-0.25, -0.2) is 0 Å². The molecule has 0 aliphatic heterocycles. The van der Waals surface area contributed by atoms with Gasteiger partial charge in [-0.05, 0) is 33.0 Å². The van der Waals surface area contributed by atoms with Gasteiger partial charge in [-0.3, -0.25) is 0 Å². The molecule has 0 aromatic carbocycles. The van der Waals surface area contributed by atoms with Crippen molar-refractivity contribution in [3.8, 4) is 0 Å². The molecule has 2 heteroatoms. The molecular formula is C7H14N2. The third-order valence-electron chi connectivity index (χ3n) is 0.763. The first-order chi connectivity index (χ1) is 4.13.